The molecule has 0 amide bonds. The number of carbonyl (C=O) groups excluding carboxylic acids is 1. The number of ketones is 1. The number of rotatable bonds is 6. The Morgan fingerprint density at radius 3 is 3.00 bits per heavy atom. The highest BCUT2D eigenvalue weighted by atomic mass is 16.3. The third-order valence-corrected chi connectivity index (χ3v) is 2.11. The molecule has 0 aliphatic rings. The molecule has 86 valence electrons. The molecular formula is C10H13N3O3. The molecule has 6 heteroatoms. The summed E-state index contributed by atoms with van der Waals surface area (Å²) in [5, 5.41) is 13.3. The molecular weight excluding hydrogens is 210 g/mol. The standard InChI is InChI=1S/C10H13N3O3/c1-13(12-16)6-4-9(14)10(15)8-3-2-5-11-7-8/h2-3,5,7,9,14H,4,6H2,1H3/t9-/m0/s1. The maximum absolute atomic E-state index is 11.6. The fourth-order valence-electron chi connectivity index (χ4n) is 1.18. The summed E-state index contributed by atoms with van der Waals surface area (Å²) in [6, 6.07) is 3.21. The summed E-state index contributed by atoms with van der Waals surface area (Å²) >= 11 is 0. The van der Waals surface area contributed by atoms with Crippen LogP contribution in [0.2, 0.25) is 0 Å². The van der Waals surface area contributed by atoms with Crippen LogP contribution in [0.4, 0.5) is 0 Å². The third-order valence-electron chi connectivity index (χ3n) is 2.11. The Bertz CT molecular complexity index is 356. The number of hydrogen-bond acceptors (Lipinski definition) is 5. The van der Waals surface area contributed by atoms with Gasteiger partial charge in [-0.05, 0) is 12.1 Å². The molecule has 1 heterocycles. The third kappa shape index (κ3) is 3.39. The minimum Gasteiger partial charge on any atom is -0.385 e. The molecule has 0 aromatic carbocycles. The molecule has 1 N–H and O–H groups in total. The molecule has 0 aliphatic heterocycles. The van der Waals surface area contributed by atoms with E-state index in [1.807, 2.05) is 0 Å². The average Bonchev–Trinajstić information content (AvgIpc) is 2.35. The maximum Gasteiger partial charge on any atom is 0.192 e. The zero-order chi connectivity index (χ0) is 12.0. The van der Waals surface area contributed by atoms with Crippen molar-refractivity contribution in [3.05, 3.63) is 35.0 Å². The lowest BCUT2D eigenvalue weighted by atomic mass is 10.1. The van der Waals surface area contributed by atoms with Crippen molar-refractivity contribution < 1.29 is 9.90 Å². The van der Waals surface area contributed by atoms with Crippen LogP contribution >= 0.6 is 0 Å². The van der Waals surface area contributed by atoms with Gasteiger partial charge < -0.3 is 5.11 Å². The van der Waals surface area contributed by atoms with E-state index >= 15 is 0 Å². The quantitative estimate of drug-likeness (QED) is 0.434. The first-order valence-corrected chi connectivity index (χ1v) is 4.82. The van der Waals surface area contributed by atoms with Crippen molar-refractivity contribution in [1.29, 1.82) is 0 Å². The van der Waals surface area contributed by atoms with Gasteiger partial charge in [0.15, 0.2) is 5.78 Å². The van der Waals surface area contributed by atoms with Crippen LogP contribution in [-0.4, -0.2) is 40.6 Å². The number of aliphatic hydroxyl groups excluding tert-OH is 1. The zero-order valence-electron chi connectivity index (χ0n) is 8.91. The number of aromatic nitrogens is 1. The molecule has 0 spiro atoms. The zero-order valence-corrected chi connectivity index (χ0v) is 8.91. The molecule has 0 saturated carbocycles. The molecule has 6 nitrogen and oxygen atoms in total. The highest BCUT2D eigenvalue weighted by Crippen LogP contribution is 2.05. The molecule has 0 radical (unpaired) electrons. The number of pyridine rings is 1. The summed E-state index contributed by atoms with van der Waals surface area (Å²) in [5.74, 6) is -0.396. The van der Waals surface area contributed by atoms with Gasteiger partial charge in [0.1, 0.15) is 6.10 Å². The van der Waals surface area contributed by atoms with E-state index in [0.717, 1.165) is 5.01 Å². The normalized spacial score (nSPS) is 11.9. The van der Waals surface area contributed by atoms with Crippen molar-refractivity contribution in [1.82, 2.24) is 9.99 Å². The molecule has 0 fully saturated rings. The first-order valence-electron chi connectivity index (χ1n) is 4.82. The van der Waals surface area contributed by atoms with Crippen molar-refractivity contribution in [2.24, 2.45) is 5.29 Å². The van der Waals surface area contributed by atoms with Crippen LogP contribution in [0, 0.1) is 4.91 Å². The van der Waals surface area contributed by atoms with Gasteiger partial charge >= 0.3 is 0 Å². The van der Waals surface area contributed by atoms with Gasteiger partial charge in [0.25, 0.3) is 0 Å². The van der Waals surface area contributed by atoms with Gasteiger partial charge in [0.2, 0.25) is 0 Å². The van der Waals surface area contributed by atoms with E-state index in [2.05, 4.69) is 10.3 Å². The fraction of sp³-hybridized carbons (Fsp3) is 0.400. The second-order valence-electron chi connectivity index (χ2n) is 3.37. The molecule has 1 rings (SSSR count). The lowest BCUT2D eigenvalue weighted by Crippen LogP contribution is -2.25. The van der Waals surface area contributed by atoms with E-state index in [9.17, 15) is 14.8 Å². The maximum atomic E-state index is 11.6. The predicted molar refractivity (Wildman–Crippen MR) is 57.6 cm³/mol. The van der Waals surface area contributed by atoms with Gasteiger partial charge in [0, 0.05) is 38.0 Å². The fourth-order valence-corrected chi connectivity index (χ4v) is 1.18. The first kappa shape index (κ1) is 12.3. The van der Waals surface area contributed by atoms with Gasteiger partial charge in [-0.25, -0.2) is 0 Å². The molecule has 0 aliphatic carbocycles. The number of aliphatic hydroxyl groups is 1. The summed E-state index contributed by atoms with van der Waals surface area (Å²) in [6.07, 6.45) is 1.98. The lowest BCUT2D eigenvalue weighted by molar-refractivity contribution is 0.0710. The van der Waals surface area contributed by atoms with E-state index in [0.29, 0.717) is 5.56 Å². The molecule has 1 aromatic rings. The summed E-state index contributed by atoms with van der Waals surface area (Å²) in [5.41, 5.74) is 0.358. The van der Waals surface area contributed by atoms with Crippen molar-refractivity contribution in [3.8, 4) is 0 Å². The van der Waals surface area contributed by atoms with Crippen molar-refractivity contribution in [2.45, 2.75) is 12.5 Å². The van der Waals surface area contributed by atoms with Crippen LogP contribution in [0.3, 0.4) is 0 Å². The number of Topliss-reactive ketones (excluding diaryl/α,β-unsaturated/α-hetero) is 1. The summed E-state index contributed by atoms with van der Waals surface area (Å²) in [4.78, 5) is 25.5. The Labute approximate surface area is 92.9 Å². The van der Waals surface area contributed by atoms with E-state index in [1.165, 1.54) is 13.2 Å². The van der Waals surface area contributed by atoms with E-state index in [-0.39, 0.29) is 13.0 Å². The predicted octanol–water partition coefficient (Wildman–Crippen LogP) is 0.629. The summed E-state index contributed by atoms with van der Waals surface area (Å²) in [6.45, 7) is 0.233. The molecule has 16 heavy (non-hydrogen) atoms. The van der Waals surface area contributed by atoms with Crippen LogP contribution in [0.1, 0.15) is 16.8 Å². The number of hydrogen-bond donors (Lipinski definition) is 1. The van der Waals surface area contributed by atoms with Crippen molar-refractivity contribution in [3.63, 3.8) is 0 Å². The minimum atomic E-state index is -1.13. The Morgan fingerprint density at radius 2 is 2.44 bits per heavy atom. The lowest BCUT2D eigenvalue weighted by Gasteiger charge is -2.12. The average molecular weight is 223 g/mol. The van der Waals surface area contributed by atoms with Crippen LogP contribution in [0.15, 0.2) is 29.8 Å². The van der Waals surface area contributed by atoms with Gasteiger partial charge in [-0.1, -0.05) is 0 Å². The van der Waals surface area contributed by atoms with Gasteiger partial charge in [0.05, 0.1) is 5.29 Å². The summed E-state index contributed by atoms with van der Waals surface area (Å²) < 4.78 is 0. The van der Waals surface area contributed by atoms with Crippen LogP contribution in [0.5, 0.6) is 0 Å². The Morgan fingerprint density at radius 1 is 1.69 bits per heavy atom. The van der Waals surface area contributed by atoms with Crippen molar-refractivity contribution in [2.75, 3.05) is 13.6 Å². The second kappa shape index (κ2) is 5.92. The smallest absolute Gasteiger partial charge is 0.192 e. The van der Waals surface area contributed by atoms with Gasteiger partial charge in [-0.2, -0.15) is 0 Å². The van der Waals surface area contributed by atoms with Crippen LogP contribution in [-0.2, 0) is 0 Å². The van der Waals surface area contributed by atoms with Crippen LogP contribution in [0.25, 0.3) is 0 Å². The van der Waals surface area contributed by atoms with Crippen molar-refractivity contribution >= 4 is 5.78 Å². The molecule has 0 bridgehead atoms. The Balaban J connectivity index is 2.52. The molecule has 1 aromatic heterocycles. The molecule has 1 atom stereocenters. The van der Waals surface area contributed by atoms with E-state index in [1.54, 1.807) is 18.3 Å². The Kier molecular flexibility index (Phi) is 4.53. The highest BCUT2D eigenvalue weighted by molar-refractivity contribution is 5.98. The minimum absolute atomic E-state index is 0.163. The summed E-state index contributed by atoms with van der Waals surface area (Å²) in [7, 11) is 1.48. The first-order chi connectivity index (χ1) is 7.65. The number of nitrogens with zero attached hydrogens (tertiary/aromatic N) is 3. The number of carbonyl (C=O) groups is 1. The highest BCUT2D eigenvalue weighted by Gasteiger charge is 2.17. The molecule has 0 saturated heterocycles. The molecule has 0 unspecified atom stereocenters. The largest absolute Gasteiger partial charge is 0.385 e. The second-order valence-corrected chi connectivity index (χ2v) is 3.37. The van der Waals surface area contributed by atoms with Crippen LogP contribution < -0.4 is 0 Å². The topological polar surface area (TPSA) is 82.9 Å². The Hall–Kier alpha value is -1.82. The number of nitroso groups, excluding NO2 is 1. The van der Waals surface area contributed by atoms with E-state index in [4.69, 9.17) is 0 Å². The van der Waals surface area contributed by atoms with E-state index < -0.39 is 11.9 Å². The van der Waals surface area contributed by atoms with Gasteiger partial charge in [-0.3, -0.25) is 14.8 Å². The SMILES string of the molecule is CN(CC[C@H](O)C(=O)c1cccnc1)N=O. The van der Waals surface area contributed by atoms with Gasteiger partial charge in [-0.15, -0.1) is 4.91 Å². The monoisotopic (exact) mass is 223 g/mol.